The lowest BCUT2D eigenvalue weighted by molar-refractivity contribution is 0.0951. The Labute approximate surface area is 135 Å². The maximum absolute atomic E-state index is 12.0. The second-order valence-corrected chi connectivity index (χ2v) is 6.42. The summed E-state index contributed by atoms with van der Waals surface area (Å²) in [5, 5.41) is 10.8. The van der Waals surface area contributed by atoms with Gasteiger partial charge >= 0.3 is 0 Å². The van der Waals surface area contributed by atoms with E-state index in [1.807, 2.05) is 28.9 Å². The molecule has 4 rings (SSSR count). The van der Waals surface area contributed by atoms with E-state index in [9.17, 15) is 4.79 Å². The van der Waals surface area contributed by atoms with Crippen molar-refractivity contribution in [1.82, 2.24) is 25.4 Å². The predicted molar refractivity (Wildman–Crippen MR) is 85.9 cm³/mol. The van der Waals surface area contributed by atoms with Gasteiger partial charge in [-0.25, -0.2) is 9.67 Å². The van der Waals surface area contributed by atoms with Crippen LogP contribution in [-0.4, -0.2) is 32.8 Å². The maximum Gasteiger partial charge on any atom is 0.251 e. The van der Waals surface area contributed by atoms with E-state index in [0.717, 1.165) is 50.2 Å². The number of fused-ring (bicyclic) bond motifs is 1. The number of aryl methyl sites for hydroxylation is 1. The van der Waals surface area contributed by atoms with Crippen molar-refractivity contribution >= 4 is 5.91 Å². The molecule has 23 heavy (non-hydrogen) atoms. The molecule has 1 amide bonds. The molecule has 2 aromatic rings. The highest BCUT2D eigenvalue weighted by Gasteiger charge is 2.23. The Morgan fingerprint density at radius 1 is 1.17 bits per heavy atom. The van der Waals surface area contributed by atoms with E-state index in [1.165, 1.54) is 5.56 Å². The standard InChI is InChI=1S/C17H21N5O/c23-17(21-14-5-6-14)13-3-1-12(2-4-13)9-18-15-7-8-16-19-11-20-22(16)10-15/h1-4,11,14-15,18H,5-10H2,(H,21,23)/t15-/m0/s1. The van der Waals surface area contributed by atoms with Crippen molar-refractivity contribution in [1.29, 1.82) is 0 Å². The van der Waals surface area contributed by atoms with Crippen LogP contribution in [0.1, 0.15) is 41.0 Å². The van der Waals surface area contributed by atoms with Crippen molar-refractivity contribution < 1.29 is 4.79 Å². The van der Waals surface area contributed by atoms with E-state index < -0.39 is 0 Å². The zero-order chi connectivity index (χ0) is 15.6. The van der Waals surface area contributed by atoms with Gasteiger partial charge in [0.15, 0.2) is 0 Å². The largest absolute Gasteiger partial charge is 0.349 e. The Kier molecular flexibility index (Phi) is 3.83. The third-order valence-corrected chi connectivity index (χ3v) is 4.53. The number of carbonyl (C=O) groups is 1. The summed E-state index contributed by atoms with van der Waals surface area (Å²) in [6.07, 6.45) is 5.91. The van der Waals surface area contributed by atoms with Crippen molar-refractivity contribution in [3.05, 3.63) is 47.5 Å². The number of benzene rings is 1. The van der Waals surface area contributed by atoms with Gasteiger partial charge in [0.1, 0.15) is 12.2 Å². The van der Waals surface area contributed by atoms with Gasteiger partial charge in [-0.1, -0.05) is 12.1 Å². The van der Waals surface area contributed by atoms with Crippen molar-refractivity contribution in [3.63, 3.8) is 0 Å². The third-order valence-electron chi connectivity index (χ3n) is 4.53. The topological polar surface area (TPSA) is 71.8 Å². The highest BCUT2D eigenvalue weighted by atomic mass is 16.1. The van der Waals surface area contributed by atoms with Gasteiger partial charge in [-0.15, -0.1) is 0 Å². The first kappa shape index (κ1) is 14.4. The lowest BCUT2D eigenvalue weighted by atomic mass is 10.1. The number of carbonyl (C=O) groups excluding carboxylic acids is 1. The lowest BCUT2D eigenvalue weighted by Gasteiger charge is -2.23. The molecule has 0 bridgehead atoms. The number of nitrogens with zero attached hydrogens (tertiary/aromatic N) is 3. The first-order chi connectivity index (χ1) is 11.3. The number of rotatable bonds is 5. The lowest BCUT2D eigenvalue weighted by Crippen LogP contribution is -2.37. The van der Waals surface area contributed by atoms with Gasteiger partial charge in [-0.2, -0.15) is 5.10 Å². The smallest absolute Gasteiger partial charge is 0.251 e. The van der Waals surface area contributed by atoms with Crippen LogP contribution in [0.5, 0.6) is 0 Å². The van der Waals surface area contributed by atoms with E-state index in [4.69, 9.17) is 0 Å². The van der Waals surface area contributed by atoms with Gasteiger partial charge < -0.3 is 10.6 Å². The van der Waals surface area contributed by atoms with E-state index in [2.05, 4.69) is 20.7 Å². The van der Waals surface area contributed by atoms with Gasteiger partial charge in [-0.3, -0.25) is 4.79 Å². The van der Waals surface area contributed by atoms with Gasteiger partial charge in [0.2, 0.25) is 0 Å². The highest BCUT2D eigenvalue weighted by molar-refractivity contribution is 5.94. The molecular formula is C17H21N5O. The molecule has 0 spiro atoms. The van der Waals surface area contributed by atoms with Gasteiger partial charge in [0.25, 0.3) is 5.91 Å². The summed E-state index contributed by atoms with van der Waals surface area (Å²) in [6, 6.07) is 8.69. The fourth-order valence-corrected chi connectivity index (χ4v) is 2.94. The minimum Gasteiger partial charge on any atom is -0.349 e. The van der Waals surface area contributed by atoms with E-state index >= 15 is 0 Å². The summed E-state index contributed by atoms with van der Waals surface area (Å²) in [4.78, 5) is 16.2. The molecule has 2 N–H and O–H groups in total. The molecular weight excluding hydrogens is 290 g/mol. The second kappa shape index (κ2) is 6.12. The molecule has 6 heteroatoms. The molecule has 6 nitrogen and oxygen atoms in total. The van der Waals surface area contributed by atoms with Crippen LogP contribution >= 0.6 is 0 Å². The number of nitrogens with one attached hydrogen (secondary N) is 2. The third kappa shape index (κ3) is 3.42. The molecule has 2 aliphatic rings. The van der Waals surface area contributed by atoms with E-state index in [1.54, 1.807) is 6.33 Å². The minimum atomic E-state index is 0.0398. The Bertz CT molecular complexity index is 689. The van der Waals surface area contributed by atoms with Crippen LogP contribution in [0.15, 0.2) is 30.6 Å². The molecule has 2 heterocycles. The van der Waals surface area contributed by atoms with Crippen molar-refractivity contribution in [2.45, 2.75) is 50.9 Å². The average molecular weight is 311 g/mol. The van der Waals surface area contributed by atoms with Crippen LogP contribution in [-0.2, 0) is 19.5 Å². The molecule has 1 fully saturated rings. The first-order valence-corrected chi connectivity index (χ1v) is 8.28. The zero-order valence-corrected chi connectivity index (χ0v) is 13.0. The van der Waals surface area contributed by atoms with E-state index in [-0.39, 0.29) is 5.91 Å². The van der Waals surface area contributed by atoms with Crippen LogP contribution in [0.2, 0.25) is 0 Å². The van der Waals surface area contributed by atoms with Crippen molar-refractivity contribution in [3.8, 4) is 0 Å². The van der Waals surface area contributed by atoms with Crippen LogP contribution in [0, 0.1) is 0 Å². The maximum atomic E-state index is 12.0. The SMILES string of the molecule is O=C(NC1CC1)c1ccc(CN[C@H]2CCc3ncnn3C2)cc1. The Hall–Kier alpha value is -2.21. The molecule has 1 aliphatic heterocycles. The minimum absolute atomic E-state index is 0.0398. The highest BCUT2D eigenvalue weighted by Crippen LogP contribution is 2.19. The van der Waals surface area contributed by atoms with Gasteiger partial charge in [0, 0.05) is 30.6 Å². The monoisotopic (exact) mass is 311 g/mol. The molecule has 1 saturated carbocycles. The van der Waals surface area contributed by atoms with Crippen molar-refractivity contribution in [2.24, 2.45) is 0 Å². The fraction of sp³-hybridized carbons (Fsp3) is 0.471. The molecule has 1 aromatic heterocycles. The Morgan fingerprint density at radius 2 is 2.00 bits per heavy atom. The molecule has 1 atom stereocenters. The molecule has 120 valence electrons. The number of hydrogen-bond donors (Lipinski definition) is 2. The molecule has 0 radical (unpaired) electrons. The zero-order valence-electron chi connectivity index (χ0n) is 13.0. The van der Waals surface area contributed by atoms with Crippen molar-refractivity contribution in [2.75, 3.05) is 0 Å². The van der Waals surface area contributed by atoms with Crippen LogP contribution in [0.25, 0.3) is 0 Å². The summed E-state index contributed by atoms with van der Waals surface area (Å²) in [7, 11) is 0. The summed E-state index contributed by atoms with van der Waals surface area (Å²) in [5.74, 6) is 1.12. The second-order valence-electron chi connectivity index (χ2n) is 6.42. The normalized spacial score (nSPS) is 20.1. The Balaban J connectivity index is 1.30. The predicted octanol–water partition coefficient (Wildman–Crippen LogP) is 1.27. The van der Waals surface area contributed by atoms with Crippen LogP contribution in [0.3, 0.4) is 0 Å². The average Bonchev–Trinajstić information content (AvgIpc) is 3.27. The van der Waals surface area contributed by atoms with Crippen LogP contribution in [0.4, 0.5) is 0 Å². The Morgan fingerprint density at radius 3 is 2.78 bits per heavy atom. The molecule has 1 aliphatic carbocycles. The van der Waals surface area contributed by atoms with Crippen LogP contribution < -0.4 is 10.6 Å². The summed E-state index contributed by atoms with van der Waals surface area (Å²) < 4.78 is 1.98. The molecule has 0 saturated heterocycles. The summed E-state index contributed by atoms with van der Waals surface area (Å²) >= 11 is 0. The van der Waals surface area contributed by atoms with Gasteiger partial charge in [-0.05, 0) is 37.0 Å². The molecule has 0 unspecified atom stereocenters. The summed E-state index contributed by atoms with van der Waals surface area (Å²) in [5.41, 5.74) is 1.93. The number of amides is 1. The number of aromatic nitrogens is 3. The summed E-state index contributed by atoms with van der Waals surface area (Å²) in [6.45, 7) is 1.68. The number of hydrogen-bond acceptors (Lipinski definition) is 4. The fourth-order valence-electron chi connectivity index (χ4n) is 2.94. The first-order valence-electron chi connectivity index (χ1n) is 8.28. The molecule has 1 aromatic carbocycles. The van der Waals surface area contributed by atoms with Gasteiger partial charge in [0.05, 0.1) is 6.54 Å². The quantitative estimate of drug-likeness (QED) is 0.872. The van der Waals surface area contributed by atoms with E-state index in [0.29, 0.717) is 12.1 Å².